The summed E-state index contributed by atoms with van der Waals surface area (Å²) in [6.07, 6.45) is 0. The van der Waals surface area contributed by atoms with Crippen LogP contribution < -0.4 is 9.80 Å². The number of fused-ring (bicyclic) bond motifs is 1. The molecule has 0 N–H and O–H groups in total. The van der Waals surface area contributed by atoms with Crippen molar-refractivity contribution >= 4 is 55.6 Å². The number of halogens is 1. The Morgan fingerprint density at radius 2 is 1.89 bits per heavy atom. The maximum absolute atomic E-state index is 13.8. The van der Waals surface area contributed by atoms with Crippen molar-refractivity contribution in [3.05, 3.63) is 93.0 Å². The molecule has 3 aromatic carbocycles. The number of hydrogen-bond acceptors (Lipinski definition) is 7. The van der Waals surface area contributed by atoms with Crippen LogP contribution in [-0.2, 0) is 11.3 Å². The Bertz CT molecular complexity index is 1390. The third-order valence-electron chi connectivity index (χ3n) is 5.79. The number of carbonyl (C=O) groups excluding carboxylic acids is 1. The number of nitro groups is 1. The molecule has 0 bridgehead atoms. The molecule has 0 atom stereocenters. The molecule has 8 nitrogen and oxygen atoms in total. The van der Waals surface area contributed by atoms with Crippen molar-refractivity contribution in [2.45, 2.75) is 6.54 Å². The van der Waals surface area contributed by atoms with Crippen LogP contribution in [0.25, 0.3) is 10.2 Å². The van der Waals surface area contributed by atoms with Gasteiger partial charge in [-0.25, -0.2) is 4.98 Å². The number of ether oxygens (including phenoxy) is 1. The number of anilines is 2. The second kappa shape index (κ2) is 9.99. The molecule has 178 valence electrons. The van der Waals surface area contributed by atoms with E-state index in [4.69, 9.17) is 16.3 Å². The molecule has 0 aliphatic carbocycles. The molecular weight excluding hydrogens is 488 g/mol. The van der Waals surface area contributed by atoms with E-state index in [1.807, 2.05) is 47.4 Å². The Labute approximate surface area is 210 Å². The van der Waals surface area contributed by atoms with Crippen molar-refractivity contribution in [3.8, 4) is 0 Å². The first-order chi connectivity index (χ1) is 17.0. The number of nitrogens with zero attached hydrogens (tertiary/aromatic N) is 4. The lowest BCUT2D eigenvalue weighted by Crippen LogP contribution is -2.36. The van der Waals surface area contributed by atoms with Crippen LogP contribution in [-0.4, -0.2) is 42.1 Å². The first-order valence-corrected chi connectivity index (χ1v) is 12.2. The molecule has 0 radical (unpaired) electrons. The molecule has 5 rings (SSSR count). The van der Waals surface area contributed by atoms with Crippen molar-refractivity contribution in [2.75, 3.05) is 36.1 Å². The largest absolute Gasteiger partial charge is 0.378 e. The number of hydrogen-bond donors (Lipinski definition) is 0. The number of carbonyl (C=O) groups is 1. The summed E-state index contributed by atoms with van der Waals surface area (Å²) >= 11 is 7.68. The highest BCUT2D eigenvalue weighted by Crippen LogP contribution is 2.35. The van der Waals surface area contributed by atoms with Crippen LogP contribution >= 0.6 is 22.9 Å². The number of morpholine rings is 1. The van der Waals surface area contributed by atoms with Crippen molar-refractivity contribution in [1.29, 1.82) is 0 Å². The van der Waals surface area contributed by atoms with Crippen LogP contribution in [0.3, 0.4) is 0 Å². The number of amides is 1. The Kier molecular flexibility index (Phi) is 6.63. The van der Waals surface area contributed by atoms with Gasteiger partial charge >= 0.3 is 0 Å². The van der Waals surface area contributed by atoms with E-state index in [2.05, 4.69) is 4.98 Å². The Morgan fingerprint density at radius 3 is 2.60 bits per heavy atom. The first-order valence-electron chi connectivity index (χ1n) is 11.0. The summed E-state index contributed by atoms with van der Waals surface area (Å²) < 4.78 is 6.22. The third kappa shape index (κ3) is 4.84. The standard InChI is InChI=1S/C25H21ClN4O4S/c26-19-7-4-8-22-23(19)27-25(35-22)29(16-17-5-2-1-3-6-17)24(31)18-9-10-20(21(15-18)30(32)33)28-11-13-34-14-12-28/h1-10,15H,11-14,16H2. The normalized spacial score (nSPS) is 13.7. The molecule has 1 aliphatic rings. The van der Waals surface area contributed by atoms with Crippen LogP contribution in [0.4, 0.5) is 16.5 Å². The zero-order chi connectivity index (χ0) is 24.4. The minimum absolute atomic E-state index is 0.107. The van der Waals surface area contributed by atoms with E-state index in [0.29, 0.717) is 47.7 Å². The maximum Gasteiger partial charge on any atom is 0.293 e. The molecule has 1 amide bonds. The zero-order valence-corrected chi connectivity index (χ0v) is 20.2. The first kappa shape index (κ1) is 23.2. The smallest absolute Gasteiger partial charge is 0.293 e. The second-order valence-corrected chi connectivity index (χ2v) is 9.44. The molecule has 1 aromatic heterocycles. The Morgan fingerprint density at radius 1 is 1.11 bits per heavy atom. The quantitative estimate of drug-likeness (QED) is 0.251. The SMILES string of the molecule is O=C(c1ccc(N2CCOCC2)c([N+](=O)[O-])c1)N(Cc1ccccc1)c1nc2c(Cl)cccc2s1. The van der Waals surface area contributed by atoms with E-state index in [1.54, 1.807) is 23.1 Å². The zero-order valence-electron chi connectivity index (χ0n) is 18.6. The van der Waals surface area contributed by atoms with E-state index < -0.39 is 4.92 Å². The van der Waals surface area contributed by atoms with Crippen molar-refractivity contribution in [3.63, 3.8) is 0 Å². The van der Waals surface area contributed by atoms with Crippen molar-refractivity contribution in [2.24, 2.45) is 0 Å². The highest BCUT2D eigenvalue weighted by atomic mass is 35.5. The fourth-order valence-corrected chi connectivity index (χ4v) is 5.30. The molecule has 35 heavy (non-hydrogen) atoms. The van der Waals surface area contributed by atoms with E-state index in [9.17, 15) is 14.9 Å². The molecule has 4 aromatic rings. The van der Waals surface area contributed by atoms with Gasteiger partial charge in [-0.2, -0.15) is 0 Å². The summed E-state index contributed by atoms with van der Waals surface area (Å²) in [4.78, 5) is 33.4. The third-order valence-corrected chi connectivity index (χ3v) is 7.14. The van der Waals surface area contributed by atoms with Crippen LogP contribution in [0.15, 0.2) is 66.7 Å². The predicted octanol–water partition coefficient (Wildman–Crippen LogP) is 5.54. The lowest BCUT2D eigenvalue weighted by atomic mass is 10.1. The maximum atomic E-state index is 13.8. The van der Waals surface area contributed by atoms with Crippen molar-refractivity contribution in [1.82, 2.24) is 4.98 Å². The summed E-state index contributed by atoms with van der Waals surface area (Å²) in [5, 5.41) is 12.9. The molecule has 1 saturated heterocycles. The topological polar surface area (TPSA) is 88.8 Å². The fourth-order valence-electron chi connectivity index (χ4n) is 4.04. The minimum atomic E-state index is -0.444. The summed E-state index contributed by atoms with van der Waals surface area (Å²) in [5.41, 5.74) is 2.12. The highest BCUT2D eigenvalue weighted by Gasteiger charge is 2.27. The summed E-state index contributed by atoms with van der Waals surface area (Å²) in [6.45, 7) is 2.38. The van der Waals surface area contributed by atoms with Gasteiger partial charge in [-0.15, -0.1) is 0 Å². The molecule has 1 fully saturated rings. The molecule has 10 heteroatoms. The molecule has 2 heterocycles. The van der Waals surface area contributed by atoms with Crippen LogP contribution in [0, 0.1) is 10.1 Å². The van der Waals surface area contributed by atoms with E-state index >= 15 is 0 Å². The van der Waals surface area contributed by atoms with E-state index in [1.165, 1.54) is 17.4 Å². The lowest BCUT2D eigenvalue weighted by molar-refractivity contribution is -0.384. The van der Waals surface area contributed by atoms with Gasteiger partial charge in [-0.3, -0.25) is 19.8 Å². The summed E-state index contributed by atoms with van der Waals surface area (Å²) in [7, 11) is 0. The molecule has 0 saturated carbocycles. The number of para-hydroxylation sites is 1. The number of thiazole rings is 1. The Hall–Kier alpha value is -3.53. The van der Waals surface area contributed by atoms with Gasteiger partial charge in [0.25, 0.3) is 11.6 Å². The fraction of sp³-hybridized carbons (Fsp3) is 0.200. The van der Waals surface area contributed by atoms with E-state index in [0.717, 1.165) is 10.3 Å². The number of rotatable bonds is 6. The van der Waals surface area contributed by atoms with Gasteiger partial charge in [0.15, 0.2) is 5.13 Å². The number of nitro benzene ring substituents is 1. The van der Waals surface area contributed by atoms with Gasteiger partial charge in [0, 0.05) is 24.7 Å². The minimum Gasteiger partial charge on any atom is -0.378 e. The van der Waals surface area contributed by atoms with Gasteiger partial charge in [0.05, 0.1) is 34.4 Å². The average molecular weight is 509 g/mol. The molecule has 0 unspecified atom stereocenters. The number of aromatic nitrogens is 1. The number of benzene rings is 3. The van der Waals surface area contributed by atoms with Gasteiger partial charge in [-0.1, -0.05) is 59.3 Å². The highest BCUT2D eigenvalue weighted by molar-refractivity contribution is 7.22. The lowest BCUT2D eigenvalue weighted by Gasteiger charge is -2.28. The van der Waals surface area contributed by atoms with Gasteiger partial charge < -0.3 is 9.64 Å². The summed E-state index contributed by atoms with van der Waals surface area (Å²) in [6, 6.07) is 19.7. The monoisotopic (exact) mass is 508 g/mol. The summed E-state index contributed by atoms with van der Waals surface area (Å²) in [5.74, 6) is -0.374. The van der Waals surface area contributed by atoms with Gasteiger partial charge in [0.1, 0.15) is 11.2 Å². The van der Waals surface area contributed by atoms with E-state index in [-0.39, 0.29) is 23.7 Å². The predicted molar refractivity (Wildman–Crippen MR) is 138 cm³/mol. The van der Waals surface area contributed by atoms with Crippen molar-refractivity contribution < 1.29 is 14.5 Å². The molecule has 0 spiro atoms. The molecule has 1 aliphatic heterocycles. The van der Waals surface area contributed by atoms with Crippen LogP contribution in [0.1, 0.15) is 15.9 Å². The average Bonchev–Trinajstić information content (AvgIpc) is 3.33. The van der Waals surface area contributed by atoms with Crippen LogP contribution in [0.5, 0.6) is 0 Å². The van der Waals surface area contributed by atoms with Crippen LogP contribution in [0.2, 0.25) is 5.02 Å². The Balaban J connectivity index is 1.55. The second-order valence-electron chi connectivity index (χ2n) is 8.02. The molecular formula is C25H21ClN4O4S. The van der Waals surface area contributed by atoms with Gasteiger partial charge in [-0.05, 0) is 29.8 Å². The van der Waals surface area contributed by atoms with Gasteiger partial charge in [0.2, 0.25) is 0 Å².